The second-order valence-electron chi connectivity index (χ2n) is 7.88. The van der Waals surface area contributed by atoms with E-state index in [4.69, 9.17) is 4.74 Å². The summed E-state index contributed by atoms with van der Waals surface area (Å²) in [7, 11) is 0. The fourth-order valence-corrected chi connectivity index (χ4v) is 3.18. The Kier molecular flexibility index (Phi) is 8.88. The van der Waals surface area contributed by atoms with Crippen LogP contribution in [0.4, 0.5) is 17.1 Å². The third-order valence-corrected chi connectivity index (χ3v) is 5.11. The minimum absolute atomic E-state index is 0.0479. The molecule has 0 aliphatic carbocycles. The first-order chi connectivity index (χ1) is 16.0. The standard InChI is InChI=1S/C27H31N3O3/c1-3-20(2)33-25-14-8-13-24(18-25)30-27(32)19-28-22-11-7-12-23(17-22)29-26(31)16-15-21-9-5-4-6-10-21/h4-14,17-18,20,28H,3,15-16,19H2,1-2H3,(H,29,31)(H,30,32). The van der Waals surface area contributed by atoms with Crippen molar-refractivity contribution in [2.45, 2.75) is 39.2 Å². The third-order valence-electron chi connectivity index (χ3n) is 5.11. The summed E-state index contributed by atoms with van der Waals surface area (Å²) in [6.07, 6.45) is 2.12. The van der Waals surface area contributed by atoms with Crippen LogP contribution >= 0.6 is 0 Å². The van der Waals surface area contributed by atoms with Gasteiger partial charge in [-0.05, 0) is 55.7 Å². The van der Waals surface area contributed by atoms with E-state index >= 15 is 0 Å². The number of benzene rings is 3. The molecule has 0 fully saturated rings. The molecule has 2 amide bonds. The van der Waals surface area contributed by atoms with Gasteiger partial charge in [0.1, 0.15) is 5.75 Å². The zero-order chi connectivity index (χ0) is 23.5. The average Bonchev–Trinajstić information content (AvgIpc) is 2.82. The Bertz CT molecular complexity index is 1050. The third kappa shape index (κ3) is 8.33. The van der Waals surface area contributed by atoms with Crippen LogP contribution in [-0.4, -0.2) is 24.5 Å². The lowest BCUT2D eigenvalue weighted by Crippen LogP contribution is -2.22. The van der Waals surface area contributed by atoms with Crippen LogP contribution < -0.4 is 20.7 Å². The summed E-state index contributed by atoms with van der Waals surface area (Å²) in [6.45, 7) is 4.17. The molecule has 0 aromatic heterocycles. The van der Waals surface area contributed by atoms with Crippen molar-refractivity contribution in [3.63, 3.8) is 0 Å². The number of aryl methyl sites for hydroxylation is 1. The summed E-state index contributed by atoms with van der Waals surface area (Å²) in [6, 6.07) is 24.6. The van der Waals surface area contributed by atoms with Crippen LogP contribution in [0, 0.1) is 0 Å². The van der Waals surface area contributed by atoms with Crippen molar-refractivity contribution in [3.8, 4) is 5.75 Å². The Hall–Kier alpha value is -3.80. The molecular formula is C27H31N3O3. The van der Waals surface area contributed by atoms with Crippen LogP contribution in [-0.2, 0) is 16.0 Å². The molecule has 6 heteroatoms. The second kappa shape index (κ2) is 12.3. The summed E-state index contributed by atoms with van der Waals surface area (Å²) in [5, 5.41) is 8.88. The Balaban J connectivity index is 1.46. The van der Waals surface area contributed by atoms with Crippen molar-refractivity contribution < 1.29 is 14.3 Å². The minimum Gasteiger partial charge on any atom is -0.491 e. The van der Waals surface area contributed by atoms with Gasteiger partial charge in [-0.15, -0.1) is 0 Å². The van der Waals surface area contributed by atoms with Crippen LogP contribution in [0.5, 0.6) is 5.75 Å². The molecule has 3 N–H and O–H groups in total. The van der Waals surface area contributed by atoms with E-state index in [0.29, 0.717) is 24.2 Å². The van der Waals surface area contributed by atoms with Crippen LogP contribution in [0.25, 0.3) is 0 Å². The maximum atomic E-state index is 12.4. The SMILES string of the molecule is CCC(C)Oc1cccc(NC(=O)CNc2cccc(NC(=O)CCc3ccccc3)c2)c1. The lowest BCUT2D eigenvalue weighted by atomic mass is 10.1. The van der Waals surface area contributed by atoms with E-state index < -0.39 is 0 Å². The number of carbonyl (C=O) groups is 2. The van der Waals surface area contributed by atoms with E-state index in [1.54, 1.807) is 0 Å². The first-order valence-electron chi connectivity index (χ1n) is 11.3. The van der Waals surface area contributed by atoms with Crippen LogP contribution in [0.1, 0.15) is 32.3 Å². The van der Waals surface area contributed by atoms with Crippen LogP contribution in [0.3, 0.4) is 0 Å². The van der Waals surface area contributed by atoms with Gasteiger partial charge in [-0.2, -0.15) is 0 Å². The number of carbonyl (C=O) groups excluding carboxylic acids is 2. The van der Waals surface area contributed by atoms with E-state index in [0.717, 1.165) is 23.4 Å². The maximum Gasteiger partial charge on any atom is 0.243 e. The zero-order valence-corrected chi connectivity index (χ0v) is 19.1. The molecule has 0 radical (unpaired) electrons. The molecule has 33 heavy (non-hydrogen) atoms. The van der Waals surface area contributed by atoms with Gasteiger partial charge < -0.3 is 20.7 Å². The Morgan fingerprint density at radius 3 is 2.24 bits per heavy atom. The average molecular weight is 446 g/mol. The van der Waals surface area contributed by atoms with Crippen LogP contribution in [0.15, 0.2) is 78.9 Å². The molecular weight excluding hydrogens is 414 g/mol. The predicted octanol–water partition coefficient (Wildman–Crippen LogP) is 5.49. The molecule has 0 bridgehead atoms. The predicted molar refractivity (Wildman–Crippen MR) is 134 cm³/mol. The Morgan fingerprint density at radius 2 is 1.48 bits per heavy atom. The van der Waals surface area contributed by atoms with Crippen molar-refractivity contribution >= 4 is 28.9 Å². The van der Waals surface area contributed by atoms with Gasteiger partial charge in [0.25, 0.3) is 0 Å². The number of hydrogen-bond acceptors (Lipinski definition) is 4. The normalized spacial score (nSPS) is 11.3. The highest BCUT2D eigenvalue weighted by atomic mass is 16.5. The smallest absolute Gasteiger partial charge is 0.243 e. The van der Waals surface area contributed by atoms with Gasteiger partial charge in [0, 0.05) is 29.5 Å². The minimum atomic E-state index is -0.173. The molecule has 0 saturated carbocycles. The van der Waals surface area contributed by atoms with Gasteiger partial charge >= 0.3 is 0 Å². The highest BCUT2D eigenvalue weighted by Gasteiger charge is 2.07. The van der Waals surface area contributed by atoms with Crippen molar-refractivity contribution in [3.05, 3.63) is 84.4 Å². The number of ether oxygens (including phenoxy) is 1. The monoisotopic (exact) mass is 445 g/mol. The van der Waals surface area contributed by atoms with Crippen molar-refractivity contribution in [1.29, 1.82) is 0 Å². The van der Waals surface area contributed by atoms with Gasteiger partial charge in [0.2, 0.25) is 11.8 Å². The van der Waals surface area contributed by atoms with E-state index in [9.17, 15) is 9.59 Å². The largest absolute Gasteiger partial charge is 0.491 e. The number of hydrogen-bond donors (Lipinski definition) is 3. The Labute approximate surface area is 195 Å². The fraction of sp³-hybridized carbons (Fsp3) is 0.259. The highest BCUT2D eigenvalue weighted by Crippen LogP contribution is 2.20. The molecule has 1 unspecified atom stereocenters. The Morgan fingerprint density at radius 1 is 0.818 bits per heavy atom. The number of nitrogens with one attached hydrogen (secondary N) is 3. The molecule has 6 nitrogen and oxygen atoms in total. The summed E-state index contributed by atoms with van der Waals surface area (Å²) in [5.74, 6) is 0.507. The second-order valence-corrected chi connectivity index (χ2v) is 7.88. The topological polar surface area (TPSA) is 79.5 Å². The van der Waals surface area contributed by atoms with E-state index in [2.05, 4.69) is 22.9 Å². The van der Waals surface area contributed by atoms with Crippen LogP contribution in [0.2, 0.25) is 0 Å². The quantitative estimate of drug-likeness (QED) is 0.365. The molecule has 172 valence electrons. The highest BCUT2D eigenvalue weighted by molar-refractivity contribution is 5.94. The molecule has 0 heterocycles. The number of anilines is 3. The molecule has 0 aliphatic rings. The summed E-state index contributed by atoms with van der Waals surface area (Å²) in [4.78, 5) is 24.6. The molecule has 3 aromatic carbocycles. The summed E-state index contributed by atoms with van der Waals surface area (Å²) in [5.41, 5.74) is 3.25. The molecule has 1 atom stereocenters. The van der Waals surface area contributed by atoms with Gasteiger partial charge in [-0.25, -0.2) is 0 Å². The number of amides is 2. The summed E-state index contributed by atoms with van der Waals surface area (Å²) >= 11 is 0. The molecule has 3 rings (SSSR count). The molecule has 0 saturated heterocycles. The lowest BCUT2D eigenvalue weighted by Gasteiger charge is -2.14. The van der Waals surface area contributed by atoms with Gasteiger partial charge in [-0.1, -0.05) is 49.4 Å². The molecule has 0 aliphatic heterocycles. The van der Waals surface area contributed by atoms with Gasteiger partial charge in [0.05, 0.1) is 12.6 Å². The maximum absolute atomic E-state index is 12.4. The van der Waals surface area contributed by atoms with E-state index in [1.165, 1.54) is 0 Å². The first-order valence-corrected chi connectivity index (χ1v) is 11.3. The molecule has 3 aromatic rings. The van der Waals surface area contributed by atoms with Gasteiger partial charge in [-0.3, -0.25) is 9.59 Å². The lowest BCUT2D eigenvalue weighted by molar-refractivity contribution is -0.116. The van der Waals surface area contributed by atoms with Crippen molar-refractivity contribution in [2.75, 3.05) is 22.5 Å². The number of rotatable bonds is 11. The van der Waals surface area contributed by atoms with E-state index in [1.807, 2.05) is 85.8 Å². The fourth-order valence-electron chi connectivity index (χ4n) is 3.18. The van der Waals surface area contributed by atoms with Crippen molar-refractivity contribution in [1.82, 2.24) is 0 Å². The zero-order valence-electron chi connectivity index (χ0n) is 19.1. The van der Waals surface area contributed by atoms with Crippen molar-refractivity contribution in [2.24, 2.45) is 0 Å². The van der Waals surface area contributed by atoms with Gasteiger partial charge in [0.15, 0.2) is 0 Å². The molecule has 0 spiro atoms. The summed E-state index contributed by atoms with van der Waals surface area (Å²) < 4.78 is 5.80. The first kappa shape index (κ1) is 23.9. The van der Waals surface area contributed by atoms with E-state index in [-0.39, 0.29) is 24.5 Å².